The van der Waals surface area contributed by atoms with Crippen LogP contribution in [0.1, 0.15) is 11.1 Å². The number of carbonyl (C=O) groups excluding carboxylic acids is 1. The van der Waals surface area contributed by atoms with Crippen LogP contribution >= 0.6 is 11.6 Å². The SMILES string of the molecule is N#Cc1cc(N)ccc1NC(=O)Cc1c(F)cccc1Cl. The Bertz CT molecular complexity index is 720. The van der Waals surface area contributed by atoms with Crippen molar-refractivity contribution in [2.75, 3.05) is 11.1 Å². The van der Waals surface area contributed by atoms with Crippen molar-refractivity contribution in [3.63, 3.8) is 0 Å². The summed E-state index contributed by atoms with van der Waals surface area (Å²) in [5.41, 5.74) is 6.66. The summed E-state index contributed by atoms with van der Waals surface area (Å²) >= 11 is 5.87. The van der Waals surface area contributed by atoms with Crippen molar-refractivity contribution in [1.29, 1.82) is 5.26 Å². The number of nitrogens with one attached hydrogen (secondary N) is 1. The van der Waals surface area contributed by atoms with Crippen molar-refractivity contribution in [3.8, 4) is 6.07 Å². The molecule has 2 aromatic carbocycles. The van der Waals surface area contributed by atoms with Gasteiger partial charge < -0.3 is 11.1 Å². The van der Waals surface area contributed by atoms with Crippen LogP contribution in [0.4, 0.5) is 15.8 Å². The van der Waals surface area contributed by atoms with E-state index in [1.165, 1.54) is 30.3 Å². The van der Waals surface area contributed by atoms with Crippen molar-refractivity contribution in [2.24, 2.45) is 0 Å². The van der Waals surface area contributed by atoms with E-state index in [-0.39, 0.29) is 22.6 Å². The van der Waals surface area contributed by atoms with Gasteiger partial charge in [0.1, 0.15) is 11.9 Å². The predicted octanol–water partition coefficient (Wildman–Crippen LogP) is 3.11. The maximum absolute atomic E-state index is 13.6. The summed E-state index contributed by atoms with van der Waals surface area (Å²) in [5, 5.41) is 11.7. The zero-order chi connectivity index (χ0) is 15.4. The number of hydrogen-bond donors (Lipinski definition) is 2. The highest BCUT2D eigenvalue weighted by atomic mass is 35.5. The van der Waals surface area contributed by atoms with Crippen molar-refractivity contribution < 1.29 is 9.18 Å². The van der Waals surface area contributed by atoms with Crippen LogP contribution in [0.2, 0.25) is 5.02 Å². The molecule has 0 saturated heterocycles. The molecular formula is C15H11ClFN3O. The molecule has 0 radical (unpaired) electrons. The first-order valence-corrected chi connectivity index (χ1v) is 6.41. The molecule has 0 aromatic heterocycles. The molecule has 0 fully saturated rings. The lowest BCUT2D eigenvalue weighted by Crippen LogP contribution is -2.16. The topological polar surface area (TPSA) is 78.9 Å². The van der Waals surface area contributed by atoms with Gasteiger partial charge in [-0.05, 0) is 30.3 Å². The number of nitriles is 1. The van der Waals surface area contributed by atoms with E-state index in [1.54, 1.807) is 6.07 Å². The van der Waals surface area contributed by atoms with Gasteiger partial charge in [-0.15, -0.1) is 0 Å². The highest BCUT2D eigenvalue weighted by Crippen LogP contribution is 2.21. The van der Waals surface area contributed by atoms with Crippen LogP contribution in [-0.2, 0) is 11.2 Å². The van der Waals surface area contributed by atoms with Crippen LogP contribution < -0.4 is 11.1 Å². The van der Waals surface area contributed by atoms with E-state index in [0.29, 0.717) is 11.4 Å². The Morgan fingerprint density at radius 3 is 2.81 bits per heavy atom. The van der Waals surface area contributed by atoms with Crippen molar-refractivity contribution in [3.05, 3.63) is 58.4 Å². The first-order chi connectivity index (χ1) is 10.0. The highest BCUT2D eigenvalue weighted by Gasteiger charge is 2.13. The van der Waals surface area contributed by atoms with Crippen molar-refractivity contribution in [1.82, 2.24) is 0 Å². The Hall–Kier alpha value is -2.58. The van der Waals surface area contributed by atoms with Gasteiger partial charge in [-0.2, -0.15) is 5.26 Å². The number of rotatable bonds is 3. The van der Waals surface area contributed by atoms with E-state index in [2.05, 4.69) is 5.32 Å². The number of nitrogen functional groups attached to an aromatic ring is 1. The second-order valence-corrected chi connectivity index (χ2v) is 4.75. The summed E-state index contributed by atoms with van der Waals surface area (Å²) in [6.45, 7) is 0. The number of hydrogen-bond acceptors (Lipinski definition) is 3. The highest BCUT2D eigenvalue weighted by molar-refractivity contribution is 6.31. The molecule has 0 bridgehead atoms. The molecular weight excluding hydrogens is 293 g/mol. The first-order valence-electron chi connectivity index (χ1n) is 6.03. The lowest BCUT2D eigenvalue weighted by atomic mass is 10.1. The number of halogens is 2. The van der Waals surface area contributed by atoms with E-state index < -0.39 is 11.7 Å². The van der Waals surface area contributed by atoms with Crippen molar-refractivity contribution in [2.45, 2.75) is 6.42 Å². The van der Waals surface area contributed by atoms with Crippen LogP contribution in [-0.4, -0.2) is 5.91 Å². The fourth-order valence-electron chi connectivity index (χ4n) is 1.82. The molecule has 1 amide bonds. The van der Waals surface area contributed by atoms with Gasteiger partial charge in [-0.1, -0.05) is 17.7 Å². The summed E-state index contributed by atoms with van der Waals surface area (Å²) in [6.07, 6.45) is -0.221. The van der Waals surface area contributed by atoms with Gasteiger partial charge in [0.2, 0.25) is 5.91 Å². The largest absolute Gasteiger partial charge is 0.399 e. The Kier molecular flexibility index (Phi) is 4.41. The third kappa shape index (κ3) is 3.50. The number of carbonyl (C=O) groups is 1. The lowest BCUT2D eigenvalue weighted by Gasteiger charge is -2.09. The van der Waals surface area contributed by atoms with Crippen LogP contribution in [0.25, 0.3) is 0 Å². The average molecular weight is 304 g/mol. The minimum absolute atomic E-state index is 0.116. The predicted molar refractivity (Wildman–Crippen MR) is 79.3 cm³/mol. The molecule has 2 rings (SSSR count). The molecule has 0 unspecified atom stereocenters. The number of benzene rings is 2. The zero-order valence-electron chi connectivity index (χ0n) is 10.9. The summed E-state index contributed by atoms with van der Waals surface area (Å²) in [7, 11) is 0. The van der Waals surface area contributed by atoms with E-state index in [4.69, 9.17) is 22.6 Å². The number of anilines is 2. The van der Waals surface area contributed by atoms with Gasteiger partial charge in [-0.3, -0.25) is 4.79 Å². The molecule has 4 nitrogen and oxygen atoms in total. The van der Waals surface area contributed by atoms with Gasteiger partial charge in [0.15, 0.2) is 0 Å². The Morgan fingerprint density at radius 1 is 1.38 bits per heavy atom. The van der Waals surface area contributed by atoms with Crippen LogP contribution in [0.15, 0.2) is 36.4 Å². The normalized spacial score (nSPS) is 9.95. The molecule has 106 valence electrons. The third-order valence-corrected chi connectivity index (χ3v) is 3.19. The molecule has 0 aliphatic carbocycles. The van der Waals surface area contributed by atoms with Gasteiger partial charge in [-0.25, -0.2) is 4.39 Å². The Labute approximate surface area is 125 Å². The van der Waals surface area contributed by atoms with Gasteiger partial charge in [0.05, 0.1) is 17.7 Å². The van der Waals surface area contributed by atoms with E-state index in [0.717, 1.165) is 0 Å². The molecule has 0 heterocycles. The molecule has 0 saturated carbocycles. The van der Waals surface area contributed by atoms with Gasteiger partial charge in [0.25, 0.3) is 0 Å². The lowest BCUT2D eigenvalue weighted by molar-refractivity contribution is -0.115. The monoisotopic (exact) mass is 303 g/mol. The third-order valence-electron chi connectivity index (χ3n) is 2.84. The van der Waals surface area contributed by atoms with Gasteiger partial charge in [0, 0.05) is 16.3 Å². The average Bonchev–Trinajstić information content (AvgIpc) is 2.45. The number of nitrogens with two attached hydrogens (primary N) is 1. The smallest absolute Gasteiger partial charge is 0.228 e. The molecule has 0 atom stereocenters. The van der Waals surface area contributed by atoms with Gasteiger partial charge >= 0.3 is 0 Å². The maximum atomic E-state index is 13.6. The van der Waals surface area contributed by atoms with E-state index >= 15 is 0 Å². The van der Waals surface area contributed by atoms with E-state index in [1.807, 2.05) is 6.07 Å². The zero-order valence-corrected chi connectivity index (χ0v) is 11.6. The van der Waals surface area contributed by atoms with Crippen LogP contribution in [0.5, 0.6) is 0 Å². The molecule has 0 aliphatic rings. The standard InChI is InChI=1S/C15H11ClFN3O/c16-12-2-1-3-13(17)11(12)7-15(21)20-14-5-4-10(19)6-9(14)8-18/h1-6H,7,19H2,(H,20,21). The molecule has 2 aromatic rings. The minimum atomic E-state index is -0.546. The quantitative estimate of drug-likeness (QED) is 0.855. The fraction of sp³-hybridized carbons (Fsp3) is 0.0667. The summed E-state index contributed by atoms with van der Waals surface area (Å²) < 4.78 is 13.6. The maximum Gasteiger partial charge on any atom is 0.228 e. The first kappa shape index (κ1) is 14.8. The summed E-state index contributed by atoms with van der Waals surface area (Å²) in [5.74, 6) is -1.02. The molecule has 6 heteroatoms. The number of nitrogens with zero attached hydrogens (tertiary/aromatic N) is 1. The van der Waals surface area contributed by atoms with Crippen LogP contribution in [0, 0.1) is 17.1 Å². The summed E-state index contributed by atoms with van der Waals surface area (Å²) in [4.78, 5) is 12.0. The van der Waals surface area contributed by atoms with E-state index in [9.17, 15) is 9.18 Å². The number of amides is 1. The second kappa shape index (κ2) is 6.25. The molecule has 0 aliphatic heterocycles. The van der Waals surface area contributed by atoms with Crippen molar-refractivity contribution >= 4 is 28.9 Å². The molecule has 0 spiro atoms. The van der Waals surface area contributed by atoms with Crippen LogP contribution in [0.3, 0.4) is 0 Å². The Balaban J connectivity index is 2.18. The fourth-order valence-corrected chi connectivity index (χ4v) is 2.05. The molecule has 21 heavy (non-hydrogen) atoms. The minimum Gasteiger partial charge on any atom is -0.399 e. The Morgan fingerprint density at radius 2 is 2.14 bits per heavy atom. The summed E-state index contributed by atoms with van der Waals surface area (Å²) in [6, 6.07) is 10.7. The second-order valence-electron chi connectivity index (χ2n) is 4.34. The molecule has 3 N–H and O–H groups in total.